The second-order valence-corrected chi connectivity index (χ2v) is 6.53. The molecule has 0 atom stereocenters. The summed E-state index contributed by atoms with van der Waals surface area (Å²) in [5.74, 6) is -0.378. The summed E-state index contributed by atoms with van der Waals surface area (Å²) in [4.78, 5) is 16.0. The minimum absolute atomic E-state index is 0.0934. The third kappa shape index (κ3) is 4.54. The number of oxazole rings is 1. The zero-order valence-corrected chi connectivity index (χ0v) is 15.2. The van der Waals surface area contributed by atoms with E-state index in [-0.39, 0.29) is 31.1 Å². The first-order valence-corrected chi connectivity index (χ1v) is 8.72. The predicted octanol–water partition coefficient (Wildman–Crippen LogP) is 4.63. The van der Waals surface area contributed by atoms with Gasteiger partial charge in [0.25, 0.3) is 0 Å². The quantitative estimate of drug-likeness (QED) is 0.632. The van der Waals surface area contributed by atoms with Gasteiger partial charge in [-0.1, -0.05) is 28.1 Å². The number of nitrogens with one attached hydrogen (secondary N) is 1. The van der Waals surface area contributed by atoms with Crippen molar-refractivity contribution >= 4 is 21.8 Å². The monoisotopic (exact) mass is 420 g/mol. The Labute approximate surface area is 157 Å². The van der Waals surface area contributed by atoms with Crippen LogP contribution in [0.5, 0.6) is 0 Å². The van der Waals surface area contributed by atoms with Crippen LogP contribution in [0.4, 0.5) is 8.78 Å². The van der Waals surface area contributed by atoms with Crippen LogP contribution in [0.15, 0.2) is 57.6 Å². The second-order valence-electron chi connectivity index (χ2n) is 5.61. The maximum atomic E-state index is 13.7. The first-order valence-electron chi connectivity index (χ1n) is 7.93. The van der Waals surface area contributed by atoms with Gasteiger partial charge in [-0.3, -0.25) is 4.79 Å². The number of aromatic nitrogens is 1. The maximum absolute atomic E-state index is 13.7. The number of amides is 1. The number of carbonyl (C=O) groups is 1. The lowest BCUT2D eigenvalue weighted by atomic mass is 10.2. The largest absolute Gasteiger partial charge is 0.441 e. The zero-order chi connectivity index (χ0) is 18.5. The highest BCUT2D eigenvalue weighted by atomic mass is 79.9. The fraction of sp³-hybridized carbons (Fsp3) is 0.158. The molecule has 3 aromatic rings. The second kappa shape index (κ2) is 8.23. The van der Waals surface area contributed by atoms with Crippen LogP contribution in [0.3, 0.4) is 0 Å². The van der Waals surface area contributed by atoms with Crippen molar-refractivity contribution in [3.63, 3.8) is 0 Å². The molecular weight excluding hydrogens is 406 g/mol. The van der Waals surface area contributed by atoms with Gasteiger partial charge >= 0.3 is 0 Å². The van der Waals surface area contributed by atoms with Crippen LogP contribution in [0.25, 0.3) is 11.3 Å². The number of carbonyl (C=O) groups excluding carboxylic acids is 1. The Hall–Kier alpha value is -2.54. The highest BCUT2D eigenvalue weighted by Crippen LogP contribution is 2.23. The molecule has 3 rings (SSSR count). The summed E-state index contributed by atoms with van der Waals surface area (Å²) in [6, 6.07) is 10.8. The van der Waals surface area contributed by atoms with Crippen molar-refractivity contribution in [2.75, 3.05) is 0 Å². The van der Waals surface area contributed by atoms with E-state index in [0.717, 1.165) is 4.47 Å². The standard InChI is InChI=1S/C19H15BrF2N2O2/c20-13-5-6-15(21)12(9-13)10-23-18(25)7-8-19-24-11-17(26-19)14-3-1-2-4-16(14)22/h1-6,9,11H,7-8,10H2,(H,23,25). The van der Waals surface area contributed by atoms with E-state index in [1.165, 1.54) is 18.3 Å². The fourth-order valence-electron chi connectivity index (χ4n) is 2.39. The van der Waals surface area contributed by atoms with Gasteiger partial charge in [0.15, 0.2) is 11.7 Å². The predicted molar refractivity (Wildman–Crippen MR) is 96.2 cm³/mol. The molecule has 0 aliphatic rings. The SMILES string of the molecule is O=C(CCc1ncc(-c2ccccc2F)o1)NCc1cc(Br)ccc1F. The number of rotatable bonds is 6. The molecule has 26 heavy (non-hydrogen) atoms. The van der Waals surface area contributed by atoms with Crippen molar-refractivity contribution in [1.82, 2.24) is 10.3 Å². The number of benzene rings is 2. The van der Waals surface area contributed by atoms with E-state index in [2.05, 4.69) is 26.2 Å². The van der Waals surface area contributed by atoms with Crippen molar-refractivity contribution in [2.45, 2.75) is 19.4 Å². The topological polar surface area (TPSA) is 55.1 Å². The van der Waals surface area contributed by atoms with E-state index in [9.17, 15) is 13.6 Å². The summed E-state index contributed by atoms with van der Waals surface area (Å²) in [6.45, 7) is 0.0934. The van der Waals surface area contributed by atoms with E-state index < -0.39 is 5.82 Å². The molecule has 1 amide bonds. The van der Waals surface area contributed by atoms with E-state index >= 15 is 0 Å². The average Bonchev–Trinajstić information content (AvgIpc) is 3.10. The molecule has 7 heteroatoms. The fourth-order valence-corrected chi connectivity index (χ4v) is 2.80. The number of hydrogen-bond donors (Lipinski definition) is 1. The van der Waals surface area contributed by atoms with Gasteiger partial charge in [-0.05, 0) is 30.3 Å². The normalized spacial score (nSPS) is 10.7. The molecule has 1 N–H and O–H groups in total. The zero-order valence-electron chi connectivity index (χ0n) is 13.6. The molecule has 0 spiro atoms. The van der Waals surface area contributed by atoms with Gasteiger partial charge in [-0.25, -0.2) is 13.8 Å². The van der Waals surface area contributed by atoms with Crippen molar-refractivity contribution in [1.29, 1.82) is 0 Å². The molecule has 0 unspecified atom stereocenters. The first kappa shape index (κ1) is 18.3. The Morgan fingerprint density at radius 2 is 1.96 bits per heavy atom. The van der Waals surface area contributed by atoms with Crippen molar-refractivity contribution in [3.8, 4) is 11.3 Å². The molecule has 4 nitrogen and oxygen atoms in total. The minimum atomic E-state index is -0.399. The van der Waals surface area contributed by atoms with Crippen molar-refractivity contribution in [3.05, 3.63) is 76.2 Å². The van der Waals surface area contributed by atoms with Crippen LogP contribution < -0.4 is 5.32 Å². The summed E-state index contributed by atoms with van der Waals surface area (Å²) in [6.07, 6.45) is 1.83. The van der Waals surface area contributed by atoms with Crippen LogP contribution in [-0.4, -0.2) is 10.9 Å². The van der Waals surface area contributed by atoms with Crippen LogP contribution in [-0.2, 0) is 17.8 Å². The molecule has 1 heterocycles. The molecule has 134 valence electrons. The lowest BCUT2D eigenvalue weighted by Gasteiger charge is -2.06. The maximum Gasteiger partial charge on any atom is 0.220 e. The molecule has 0 saturated carbocycles. The molecule has 0 saturated heterocycles. The highest BCUT2D eigenvalue weighted by Gasteiger charge is 2.12. The Morgan fingerprint density at radius 1 is 1.15 bits per heavy atom. The van der Waals surface area contributed by atoms with Gasteiger partial charge in [0.1, 0.15) is 11.6 Å². The summed E-state index contributed by atoms with van der Waals surface area (Å²) in [7, 11) is 0. The van der Waals surface area contributed by atoms with Gasteiger partial charge in [-0.2, -0.15) is 0 Å². The van der Waals surface area contributed by atoms with E-state index in [1.54, 1.807) is 30.3 Å². The van der Waals surface area contributed by atoms with Crippen molar-refractivity contribution < 1.29 is 18.0 Å². The molecule has 0 fully saturated rings. The summed E-state index contributed by atoms with van der Waals surface area (Å²) < 4.78 is 33.6. The molecule has 2 aromatic carbocycles. The van der Waals surface area contributed by atoms with E-state index in [4.69, 9.17) is 4.42 Å². The first-order chi connectivity index (χ1) is 12.5. The number of nitrogens with zero attached hydrogens (tertiary/aromatic N) is 1. The van der Waals surface area contributed by atoms with Crippen LogP contribution in [0.1, 0.15) is 17.9 Å². The van der Waals surface area contributed by atoms with Gasteiger partial charge < -0.3 is 9.73 Å². The molecule has 0 aliphatic carbocycles. The van der Waals surface area contributed by atoms with E-state index in [0.29, 0.717) is 22.8 Å². The summed E-state index contributed by atoms with van der Waals surface area (Å²) >= 11 is 3.26. The third-order valence-corrected chi connectivity index (χ3v) is 4.24. The third-order valence-electron chi connectivity index (χ3n) is 3.74. The molecule has 1 aromatic heterocycles. The van der Waals surface area contributed by atoms with Crippen LogP contribution >= 0.6 is 15.9 Å². The highest BCUT2D eigenvalue weighted by molar-refractivity contribution is 9.10. The molecule has 0 radical (unpaired) electrons. The Kier molecular flexibility index (Phi) is 5.78. The van der Waals surface area contributed by atoms with Gasteiger partial charge in [0, 0.05) is 29.4 Å². The summed E-state index contributed by atoms with van der Waals surface area (Å²) in [5.41, 5.74) is 0.714. The minimum Gasteiger partial charge on any atom is -0.441 e. The Balaban J connectivity index is 1.54. The van der Waals surface area contributed by atoms with Gasteiger partial charge in [0.05, 0.1) is 11.8 Å². The smallest absolute Gasteiger partial charge is 0.220 e. The lowest BCUT2D eigenvalue weighted by Crippen LogP contribution is -2.23. The average molecular weight is 421 g/mol. The number of hydrogen-bond acceptors (Lipinski definition) is 3. The van der Waals surface area contributed by atoms with E-state index in [1.807, 2.05) is 0 Å². The molecular formula is C19H15BrF2N2O2. The Bertz CT molecular complexity index is 927. The van der Waals surface area contributed by atoms with Gasteiger partial charge in [-0.15, -0.1) is 0 Å². The molecule has 0 aliphatic heterocycles. The lowest BCUT2D eigenvalue weighted by molar-refractivity contribution is -0.121. The molecule has 0 bridgehead atoms. The van der Waals surface area contributed by atoms with Crippen molar-refractivity contribution in [2.24, 2.45) is 0 Å². The summed E-state index contributed by atoms with van der Waals surface area (Å²) in [5, 5.41) is 2.66. The number of aryl methyl sites for hydroxylation is 1. The van der Waals surface area contributed by atoms with Crippen LogP contribution in [0, 0.1) is 11.6 Å². The Morgan fingerprint density at radius 3 is 2.77 bits per heavy atom. The number of halogens is 3. The van der Waals surface area contributed by atoms with Gasteiger partial charge in [0.2, 0.25) is 5.91 Å². The van der Waals surface area contributed by atoms with Crippen LogP contribution in [0.2, 0.25) is 0 Å².